The van der Waals surface area contributed by atoms with E-state index in [1.165, 1.54) is 11.1 Å². The fourth-order valence-corrected chi connectivity index (χ4v) is 3.98. The molecule has 1 atom stereocenters. The van der Waals surface area contributed by atoms with Gasteiger partial charge in [-0.25, -0.2) is 0 Å². The van der Waals surface area contributed by atoms with Crippen molar-refractivity contribution in [1.82, 2.24) is 0 Å². The first-order valence-electron chi connectivity index (χ1n) is 6.08. The first kappa shape index (κ1) is 13.4. The molecule has 0 spiro atoms. The molecule has 0 aliphatic carbocycles. The summed E-state index contributed by atoms with van der Waals surface area (Å²) >= 11 is 11.0. The molecule has 2 N–H and O–H groups in total. The van der Waals surface area contributed by atoms with Crippen molar-refractivity contribution in [2.45, 2.75) is 18.9 Å². The summed E-state index contributed by atoms with van der Waals surface area (Å²) in [6.07, 6.45) is 1.74. The van der Waals surface area contributed by atoms with E-state index in [2.05, 4.69) is 28.1 Å². The molecule has 2 nitrogen and oxygen atoms in total. The second-order valence-electron chi connectivity index (χ2n) is 4.60. The Hall–Kier alpha value is -0.550. The molecule has 5 heteroatoms. The summed E-state index contributed by atoms with van der Waals surface area (Å²) in [5, 5.41) is 0. The van der Waals surface area contributed by atoms with Crippen LogP contribution in [0.2, 0.25) is 4.34 Å². The van der Waals surface area contributed by atoms with E-state index in [9.17, 15) is 0 Å². The SMILES string of the molecule is NC(Cc1cc(Br)cc2c1OCC2)c1ccc(Cl)s1. The van der Waals surface area contributed by atoms with Crippen molar-refractivity contribution >= 4 is 38.9 Å². The first-order chi connectivity index (χ1) is 9.13. The number of rotatable bonds is 3. The van der Waals surface area contributed by atoms with E-state index < -0.39 is 0 Å². The zero-order chi connectivity index (χ0) is 13.4. The minimum absolute atomic E-state index is 0.0416. The fraction of sp³-hybridized carbons (Fsp3) is 0.286. The quantitative estimate of drug-likeness (QED) is 0.885. The number of fused-ring (bicyclic) bond motifs is 1. The van der Waals surface area contributed by atoms with Crippen LogP contribution in [-0.4, -0.2) is 6.61 Å². The van der Waals surface area contributed by atoms with Crippen molar-refractivity contribution in [3.05, 3.63) is 49.1 Å². The van der Waals surface area contributed by atoms with Crippen molar-refractivity contribution < 1.29 is 4.74 Å². The molecule has 1 aliphatic heterocycles. The molecule has 0 radical (unpaired) electrons. The zero-order valence-electron chi connectivity index (χ0n) is 10.2. The second kappa shape index (κ2) is 5.44. The van der Waals surface area contributed by atoms with Crippen molar-refractivity contribution in [3.63, 3.8) is 0 Å². The highest BCUT2D eigenvalue weighted by atomic mass is 79.9. The molecule has 19 heavy (non-hydrogen) atoms. The van der Waals surface area contributed by atoms with E-state index in [1.54, 1.807) is 11.3 Å². The Bertz CT molecular complexity index is 613. The maximum atomic E-state index is 6.27. The highest BCUT2D eigenvalue weighted by molar-refractivity contribution is 9.10. The molecule has 0 saturated carbocycles. The van der Waals surface area contributed by atoms with Gasteiger partial charge in [-0.05, 0) is 41.8 Å². The largest absolute Gasteiger partial charge is 0.493 e. The van der Waals surface area contributed by atoms with E-state index in [0.29, 0.717) is 0 Å². The van der Waals surface area contributed by atoms with Gasteiger partial charge in [-0.15, -0.1) is 11.3 Å². The normalized spacial score (nSPS) is 15.1. The summed E-state index contributed by atoms with van der Waals surface area (Å²) in [6, 6.07) is 8.07. The molecule has 2 heterocycles. The molecule has 0 saturated heterocycles. The molecular weight excluding hydrogens is 346 g/mol. The van der Waals surface area contributed by atoms with Crippen LogP contribution >= 0.6 is 38.9 Å². The third-order valence-electron chi connectivity index (χ3n) is 3.22. The van der Waals surface area contributed by atoms with Crippen LogP contribution in [0.4, 0.5) is 0 Å². The summed E-state index contributed by atoms with van der Waals surface area (Å²) in [7, 11) is 0. The summed E-state index contributed by atoms with van der Waals surface area (Å²) in [5.41, 5.74) is 8.70. The van der Waals surface area contributed by atoms with Gasteiger partial charge in [0.15, 0.2) is 0 Å². The molecule has 1 aromatic heterocycles. The molecule has 1 aliphatic rings. The number of halogens is 2. The second-order valence-corrected chi connectivity index (χ2v) is 7.27. The number of nitrogens with two attached hydrogens (primary N) is 1. The number of hydrogen-bond acceptors (Lipinski definition) is 3. The van der Waals surface area contributed by atoms with Gasteiger partial charge in [-0.2, -0.15) is 0 Å². The fourth-order valence-electron chi connectivity index (χ4n) is 2.36. The Morgan fingerprint density at radius 3 is 3.00 bits per heavy atom. The third kappa shape index (κ3) is 2.82. The molecule has 0 bridgehead atoms. The summed E-state index contributed by atoms with van der Waals surface area (Å²) in [4.78, 5) is 1.11. The van der Waals surface area contributed by atoms with E-state index in [-0.39, 0.29) is 6.04 Å². The summed E-state index contributed by atoms with van der Waals surface area (Å²) < 4.78 is 7.59. The first-order valence-corrected chi connectivity index (χ1v) is 8.07. The van der Waals surface area contributed by atoms with Crippen LogP contribution in [0.3, 0.4) is 0 Å². The Morgan fingerprint density at radius 1 is 1.42 bits per heavy atom. The van der Waals surface area contributed by atoms with Crippen LogP contribution in [0.5, 0.6) is 5.75 Å². The molecule has 2 aromatic rings. The number of benzene rings is 1. The summed E-state index contributed by atoms with van der Waals surface area (Å²) in [6.45, 7) is 0.763. The zero-order valence-corrected chi connectivity index (χ0v) is 13.3. The lowest BCUT2D eigenvalue weighted by molar-refractivity contribution is 0.352. The predicted molar refractivity (Wildman–Crippen MR) is 83.3 cm³/mol. The lowest BCUT2D eigenvalue weighted by Crippen LogP contribution is -2.12. The van der Waals surface area contributed by atoms with E-state index >= 15 is 0 Å². The lowest BCUT2D eigenvalue weighted by Gasteiger charge is -2.13. The Balaban J connectivity index is 1.87. The summed E-state index contributed by atoms with van der Waals surface area (Å²) in [5.74, 6) is 1.02. The Labute approximate surface area is 129 Å². The molecule has 100 valence electrons. The molecule has 0 fully saturated rings. The third-order valence-corrected chi connectivity index (χ3v) is 5.05. The number of thiophene rings is 1. The number of ether oxygens (including phenoxy) is 1. The highest BCUT2D eigenvalue weighted by Gasteiger charge is 2.20. The average Bonchev–Trinajstić information content (AvgIpc) is 2.97. The lowest BCUT2D eigenvalue weighted by atomic mass is 10.0. The van der Waals surface area contributed by atoms with Crippen LogP contribution in [-0.2, 0) is 12.8 Å². The van der Waals surface area contributed by atoms with Crippen LogP contribution in [0.15, 0.2) is 28.7 Å². The van der Waals surface area contributed by atoms with Crippen molar-refractivity contribution in [2.75, 3.05) is 6.61 Å². The monoisotopic (exact) mass is 357 g/mol. The Kier molecular flexibility index (Phi) is 3.85. The Morgan fingerprint density at radius 2 is 2.26 bits per heavy atom. The minimum atomic E-state index is -0.0416. The van der Waals surface area contributed by atoms with Crippen LogP contribution in [0, 0.1) is 0 Å². The van der Waals surface area contributed by atoms with Gasteiger partial charge in [0.25, 0.3) is 0 Å². The van der Waals surface area contributed by atoms with Crippen LogP contribution in [0.25, 0.3) is 0 Å². The standard InChI is InChI=1S/C14H13BrClNOS/c15-10-5-8-3-4-18-14(8)9(6-10)7-11(17)12-1-2-13(16)19-12/h1-2,5-6,11H,3-4,7,17H2. The van der Waals surface area contributed by atoms with Crippen LogP contribution < -0.4 is 10.5 Å². The van der Waals surface area contributed by atoms with Gasteiger partial charge in [0.1, 0.15) is 5.75 Å². The van der Waals surface area contributed by atoms with Gasteiger partial charge < -0.3 is 10.5 Å². The van der Waals surface area contributed by atoms with Crippen molar-refractivity contribution in [1.29, 1.82) is 0 Å². The van der Waals surface area contributed by atoms with Gasteiger partial charge in [-0.1, -0.05) is 27.5 Å². The van der Waals surface area contributed by atoms with Crippen molar-refractivity contribution in [3.8, 4) is 5.75 Å². The van der Waals surface area contributed by atoms with E-state index in [4.69, 9.17) is 22.1 Å². The maximum absolute atomic E-state index is 6.27. The molecule has 1 aromatic carbocycles. The molecule has 1 unspecified atom stereocenters. The van der Waals surface area contributed by atoms with Crippen molar-refractivity contribution in [2.24, 2.45) is 5.73 Å². The van der Waals surface area contributed by atoms with Gasteiger partial charge in [0, 0.05) is 21.8 Å². The van der Waals surface area contributed by atoms with Gasteiger partial charge >= 0.3 is 0 Å². The molecule has 3 rings (SSSR count). The van der Waals surface area contributed by atoms with Crippen LogP contribution in [0.1, 0.15) is 22.0 Å². The predicted octanol–water partition coefficient (Wildman–Crippen LogP) is 4.34. The maximum Gasteiger partial charge on any atom is 0.125 e. The smallest absolute Gasteiger partial charge is 0.125 e. The highest BCUT2D eigenvalue weighted by Crippen LogP contribution is 2.36. The van der Waals surface area contributed by atoms with Gasteiger partial charge in [0.05, 0.1) is 10.9 Å². The van der Waals surface area contributed by atoms with E-state index in [0.717, 1.165) is 38.9 Å². The average molecular weight is 359 g/mol. The van der Waals surface area contributed by atoms with Gasteiger partial charge in [-0.3, -0.25) is 0 Å². The topological polar surface area (TPSA) is 35.2 Å². The molecular formula is C14H13BrClNOS. The number of hydrogen-bond donors (Lipinski definition) is 1. The minimum Gasteiger partial charge on any atom is -0.493 e. The van der Waals surface area contributed by atoms with E-state index in [1.807, 2.05) is 12.1 Å². The molecule has 0 amide bonds. The van der Waals surface area contributed by atoms with Gasteiger partial charge in [0.2, 0.25) is 0 Å².